The normalized spacial score (nSPS) is 23.6. The number of guanidine groups is 1. The maximum atomic E-state index is 5.97. The fourth-order valence-electron chi connectivity index (χ4n) is 4.05. The van der Waals surface area contributed by atoms with Gasteiger partial charge < -0.3 is 15.0 Å². The molecule has 1 aliphatic heterocycles. The standard InChI is InChI=1S/C24H31N3O.HI/c1-2-25-24(26-23-15-22(23)21-11-7-4-8-12-21)27-14-13-20(16-27)18-28-17-19-9-5-3-6-10-19;/h3-12,20,22-23H,2,13-18H2,1H3,(H,25,26);1H. The van der Waals surface area contributed by atoms with Crippen LogP contribution in [0.2, 0.25) is 0 Å². The van der Waals surface area contributed by atoms with Gasteiger partial charge in [-0.3, -0.25) is 4.99 Å². The highest BCUT2D eigenvalue weighted by molar-refractivity contribution is 14.0. The summed E-state index contributed by atoms with van der Waals surface area (Å²) < 4.78 is 5.97. The lowest BCUT2D eigenvalue weighted by Crippen LogP contribution is -2.42. The van der Waals surface area contributed by atoms with Gasteiger partial charge in [0.2, 0.25) is 0 Å². The predicted molar refractivity (Wildman–Crippen MR) is 130 cm³/mol. The maximum Gasteiger partial charge on any atom is 0.194 e. The first-order valence-electron chi connectivity index (χ1n) is 10.6. The van der Waals surface area contributed by atoms with Crippen LogP contribution in [-0.2, 0) is 11.3 Å². The van der Waals surface area contributed by atoms with Gasteiger partial charge in [-0.05, 0) is 30.9 Å². The molecule has 1 saturated heterocycles. The third-order valence-electron chi connectivity index (χ3n) is 5.69. The van der Waals surface area contributed by atoms with Crippen molar-refractivity contribution >= 4 is 29.9 Å². The predicted octanol–water partition coefficient (Wildman–Crippen LogP) is 4.66. The minimum Gasteiger partial charge on any atom is -0.376 e. The van der Waals surface area contributed by atoms with Gasteiger partial charge in [-0.1, -0.05) is 60.7 Å². The van der Waals surface area contributed by atoms with Gasteiger partial charge >= 0.3 is 0 Å². The molecule has 0 aromatic heterocycles. The number of hydrogen-bond donors (Lipinski definition) is 1. The summed E-state index contributed by atoms with van der Waals surface area (Å²) in [6.45, 7) is 6.54. The molecule has 29 heavy (non-hydrogen) atoms. The van der Waals surface area contributed by atoms with Crippen molar-refractivity contribution in [1.82, 2.24) is 10.2 Å². The van der Waals surface area contributed by atoms with E-state index in [1.807, 2.05) is 6.07 Å². The molecular weight excluding hydrogens is 473 g/mol. The number of ether oxygens (including phenoxy) is 1. The molecule has 0 bridgehead atoms. The number of hydrogen-bond acceptors (Lipinski definition) is 2. The van der Waals surface area contributed by atoms with Crippen LogP contribution < -0.4 is 5.32 Å². The summed E-state index contributed by atoms with van der Waals surface area (Å²) in [6, 6.07) is 21.7. The van der Waals surface area contributed by atoms with E-state index >= 15 is 0 Å². The quantitative estimate of drug-likeness (QED) is 0.338. The monoisotopic (exact) mass is 505 g/mol. The zero-order valence-electron chi connectivity index (χ0n) is 17.2. The van der Waals surface area contributed by atoms with E-state index in [1.54, 1.807) is 0 Å². The smallest absolute Gasteiger partial charge is 0.194 e. The van der Waals surface area contributed by atoms with Crippen LogP contribution in [0, 0.1) is 5.92 Å². The third kappa shape index (κ3) is 6.19. The average molecular weight is 505 g/mol. The number of likely N-dealkylation sites (tertiary alicyclic amines) is 1. The highest BCUT2D eigenvalue weighted by atomic mass is 127. The summed E-state index contributed by atoms with van der Waals surface area (Å²) in [5.41, 5.74) is 2.68. The van der Waals surface area contributed by atoms with Crippen LogP contribution in [0.15, 0.2) is 65.7 Å². The molecule has 2 aliphatic rings. The largest absolute Gasteiger partial charge is 0.376 e. The second-order valence-corrected chi connectivity index (χ2v) is 7.90. The molecule has 1 heterocycles. The molecular formula is C24H32IN3O. The number of halogens is 1. The van der Waals surface area contributed by atoms with Crippen LogP contribution in [-0.4, -0.2) is 43.1 Å². The summed E-state index contributed by atoms with van der Waals surface area (Å²) in [6.07, 6.45) is 2.37. The Morgan fingerprint density at radius 2 is 1.83 bits per heavy atom. The Morgan fingerprint density at radius 1 is 1.10 bits per heavy atom. The van der Waals surface area contributed by atoms with Crippen molar-refractivity contribution in [3.63, 3.8) is 0 Å². The lowest BCUT2D eigenvalue weighted by atomic mass is 10.1. The van der Waals surface area contributed by atoms with Crippen molar-refractivity contribution in [2.24, 2.45) is 10.9 Å². The molecule has 1 saturated carbocycles. The van der Waals surface area contributed by atoms with Crippen LogP contribution in [0.5, 0.6) is 0 Å². The number of aliphatic imine (C=N–C) groups is 1. The number of nitrogens with one attached hydrogen (secondary N) is 1. The van der Waals surface area contributed by atoms with E-state index in [0.29, 0.717) is 24.5 Å². The molecule has 156 valence electrons. The molecule has 3 unspecified atom stereocenters. The van der Waals surface area contributed by atoms with Crippen LogP contribution in [0.3, 0.4) is 0 Å². The summed E-state index contributed by atoms with van der Waals surface area (Å²) >= 11 is 0. The van der Waals surface area contributed by atoms with Gasteiger partial charge in [-0.2, -0.15) is 0 Å². The molecule has 2 aromatic carbocycles. The molecule has 3 atom stereocenters. The highest BCUT2D eigenvalue weighted by Gasteiger charge is 2.40. The molecule has 2 fully saturated rings. The number of rotatable bonds is 7. The van der Waals surface area contributed by atoms with Crippen molar-refractivity contribution in [3.8, 4) is 0 Å². The molecule has 5 heteroatoms. The van der Waals surface area contributed by atoms with Gasteiger partial charge in [0.25, 0.3) is 0 Å². The third-order valence-corrected chi connectivity index (χ3v) is 5.69. The molecule has 1 aliphatic carbocycles. The van der Waals surface area contributed by atoms with Crippen LogP contribution >= 0.6 is 24.0 Å². The lowest BCUT2D eigenvalue weighted by molar-refractivity contribution is 0.0906. The second-order valence-electron chi connectivity index (χ2n) is 7.90. The maximum absolute atomic E-state index is 5.97. The SMILES string of the molecule is CCN=C(NC1CC1c1ccccc1)N1CCC(COCc2ccccc2)C1.I. The van der Waals surface area contributed by atoms with E-state index in [9.17, 15) is 0 Å². The van der Waals surface area contributed by atoms with E-state index in [0.717, 1.165) is 32.2 Å². The molecule has 0 radical (unpaired) electrons. The molecule has 4 nitrogen and oxygen atoms in total. The number of nitrogens with zero attached hydrogens (tertiary/aromatic N) is 2. The first-order valence-corrected chi connectivity index (χ1v) is 10.6. The second kappa shape index (κ2) is 11.0. The zero-order valence-corrected chi connectivity index (χ0v) is 19.5. The van der Waals surface area contributed by atoms with E-state index in [4.69, 9.17) is 9.73 Å². The summed E-state index contributed by atoms with van der Waals surface area (Å²) in [5, 5.41) is 3.72. The van der Waals surface area contributed by atoms with Gasteiger partial charge in [0.15, 0.2) is 5.96 Å². The van der Waals surface area contributed by atoms with E-state index in [2.05, 4.69) is 71.7 Å². The van der Waals surface area contributed by atoms with Crippen molar-refractivity contribution in [2.45, 2.75) is 38.3 Å². The Morgan fingerprint density at radius 3 is 2.55 bits per heavy atom. The minimum atomic E-state index is 0. The Hall–Kier alpha value is -1.60. The Kier molecular flexibility index (Phi) is 8.36. The van der Waals surface area contributed by atoms with Crippen molar-refractivity contribution in [2.75, 3.05) is 26.2 Å². The summed E-state index contributed by atoms with van der Waals surface area (Å²) in [4.78, 5) is 7.18. The van der Waals surface area contributed by atoms with E-state index < -0.39 is 0 Å². The van der Waals surface area contributed by atoms with Gasteiger partial charge in [0.05, 0.1) is 13.2 Å². The zero-order chi connectivity index (χ0) is 19.2. The Labute approximate surface area is 191 Å². The number of benzene rings is 2. The summed E-state index contributed by atoms with van der Waals surface area (Å²) in [5.74, 6) is 2.28. The fraction of sp³-hybridized carbons (Fsp3) is 0.458. The topological polar surface area (TPSA) is 36.9 Å². The average Bonchev–Trinajstić information content (AvgIpc) is 3.35. The van der Waals surface area contributed by atoms with Gasteiger partial charge in [-0.25, -0.2) is 0 Å². The fourth-order valence-corrected chi connectivity index (χ4v) is 4.05. The lowest BCUT2D eigenvalue weighted by Gasteiger charge is -2.22. The summed E-state index contributed by atoms with van der Waals surface area (Å²) in [7, 11) is 0. The van der Waals surface area contributed by atoms with Crippen LogP contribution in [0.4, 0.5) is 0 Å². The first-order chi connectivity index (χ1) is 13.8. The van der Waals surface area contributed by atoms with Gasteiger partial charge in [-0.15, -0.1) is 24.0 Å². The Balaban J connectivity index is 0.00000240. The molecule has 0 spiro atoms. The van der Waals surface area contributed by atoms with Crippen LogP contribution in [0.25, 0.3) is 0 Å². The minimum absolute atomic E-state index is 0. The molecule has 0 amide bonds. The molecule has 4 rings (SSSR count). The highest BCUT2D eigenvalue weighted by Crippen LogP contribution is 2.40. The van der Waals surface area contributed by atoms with E-state index in [-0.39, 0.29) is 24.0 Å². The van der Waals surface area contributed by atoms with Crippen molar-refractivity contribution < 1.29 is 4.74 Å². The molecule has 2 aromatic rings. The van der Waals surface area contributed by atoms with Crippen molar-refractivity contribution in [3.05, 3.63) is 71.8 Å². The van der Waals surface area contributed by atoms with E-state index in [1.165, 1.54) is 24.0 Å². The van der Waals surface area contributed by atoms with Crippen LogP contribution in [0.1, 0.15) is 36.8 Å². The van der Waals surface area contributed by atoms with Crippen molar-refractivity contribution in [1.29, 1.82) is 0 Å². The van der Waals surface area contributed by atoms with Gasteiger partial charge in [0, 0.05) is 37.5 Å². The Bertz CT molecular complexity index is 768. The van der Waals surface area contributed by atoms with Gasteiger partial charge in [0.1, 0.15) is 0 Å². The first kappa shape index (κ1) is 22.1. The molecule has 1 N–H and O–H groups in total.